The van der Waals surface area contributed by atoms with Gasteiger partial charge in [-0.25, -0.2) is 8.42 Å². The predicted octanol–water partition coefficient (Wildman–Crippen LogP) is 2.63. The molecular formula is C23H31N3O5S. The number of hydrazine groups is 1. The Bertz CT molecular complexity index is 1040. The number of likely N-dealkylation sites (N-methyl/N-ethyl adjacent to an activating group) is 1. The van der Waals surface area contributed by atoms with Crippen molar-refractivity contribution in [2.75, 3.05) is 20.2 Å². The Balaban J connectivity index is 1.67. The van der Waals surface area contributed by atoms with Crippen LogP contribution in [0.15, 0.2) is 47.4 Å². The van der Waals surface area contributed by atoms with Gasteiger partial charge in [-0.1, -0.05) is 29.8 Å². The van der Waals surface area contributed by atoms with Gasteiger partial charge >= 0.3 is 0 Å². The second-order valence-electron chi connectivity index (χ2n) is 7.75. The molecule has 0 spiro atoms. The van der Waals surface area contributed by atoms with Crippen molar-refractivity contribution in [3.8, 4) is 5.75 Å². The molecule has 0 bridgehead atoms. The summed E-state index contributed by atoms with van der Waals surface area (Å²) in [5, 5.41) is 0. The third-order valence-corrected chi connectivity index (χ3v) is 6.65. The summed E-state index contributed by atoms with van der Waals surface area (Å²) in [6, 6.07) is 12.4. The summed E-state index contributed by atoms with van der Waals surface area (Å²) < 4.78 is 31.7. The first-order valence-electron chi connectivity index (χ1n) is 10.4. The average molecular weight is 462 g/mol. The molecule has 32 heavy (non-hydrogen) atoms. The topological polar surface area (TPSA) is 105 Å². The maximum absolute atomic E-state index is 12.5. The normalized spacial score (nSPS) is 11.3. The SMILES string of the molecule is Cc1ccc(S(=O)(=O)N(C)CC(=O)NNC(=O)CCCCOc2cc(C)ccc2C)cc1. The molecule has 0 unspecified atom stereocenters. The molecule has 0 heterocycles. The van der Waals surface area contributed by atoms with E-state index in [4.69, 9.17) is 4.74 Å². The van der Waals surface area contributed by atoms with Crippen molar-refractivity contribution in [2.45, 2.75) is 44.9 Å². The number of hydrogen-bond donors (Lipinski definition) is 2. The molecule has 2 aromatic carbocycles. The van der Waals surface area contributed by atoms with E-state index in [-0.39, 0.29) is 17.2 Å². The number of rotatable bonds is 10. The fraction of sp³-hybridized carbons (Fsp3) is 0.391. The summed E-state index contributed by atoms with van der Waals surface area (Å²) >= 11 is 0. The summed E-state index contributed by atoms with van der Waals surface area (Å²) in [6.07, 6.45) is 1.49. The minimum absolute atomic E-state index is 0.102. The molecule has 0 aromatic heterocycles. The molecule has 0 atom stereocenters. The standard InChI is InChI=1S/C23H31N3O5S/c1-17-9-12-20(13-10-17)32(29,30)26(4)16-23(28)25-24-22(27)7-5-6-14-31-21-15-18(2)8-11-19(21)3/h8-13,15H,5-7,14,16H2,1-4H3,(H,24,27)(H,25,28). The van der Waals surface area contributed by atoms with Crippen molar-refractivity contribution in [1.82, 2.24) is 15.2 Å². The highest BCUT2D eigenvalue weighted by Crippen LogP contribution is 2.19. The van der Waals surface area contributed by atoms with Gasteiger partial charge in [0, 0.05) is 13.5 Å². The summed E-state index contributed by atoms with van der Waals surface area (Å²) in [5.74, 6) is -0.143. The minimum Gasteiger partial charge on any atom is -0.493 e. The number of nitrogens with zero attached hydrogens (tertiary/aromatic N) is 1. The molecule has 2 amide bonds. The zero-order valence-corrected chi connectivity index (χ0v) is 19.8. The van der Waals surface area contributed by atoms with Crippen LogP contribution in [0.1, 0.15) is 36.0 Å². The smallest absolute Gasteiger partial charge is 0.253 e. The van der Waals surface area contributed by atoms with Gasteiger partial charge in [-0.2, -0.15) is 4.31 Å². The number of unbranched alkanes of at least 4 members (excludes halogenated alkanes) is 1. The van der Waals surface area contributed by atoms with Crippen molar-refractivity contribution < 1.29 is 22.7 Å². The molecule has 8 nitrogen and oxygen atoms in total. The van der Waals surface area contributed by atoms with Gasteiger partial charge in [-0.15, -0.1) is 0 Å². The van der Waals surface area contributed by atoms with Crippen molar-refractivity contribution in [3.63, 3.8) is 0 Å². The molecule has 2 N–H and O–H groups in total. The third kappa shape index (κ3) is 7.65. The lowest BCUT2D eigenvalue weighted by atomic mass is 10.1. The van der Waals surface area contributed by atoms with E-state index in [1.807, 2.05) is 39.0 Å². The Morgan fingerprint density at radius 2 is 1.53 bits per heavy atom. The molecule has 174 valence electrons. The monoisotopic (exact) mass is 461 g/mol. The van der Waals surface area contributed by atoms with Crippen LogP contribution in [0.25, 0.3) is 0 Å². The minimum atomic E-state index is -3.79. The summed E-state index contributed by atoms with van der Waals surface area (Å²) in [7, 11) is -2.48. The maximum atomic E-state index is 12.5. The van der Waals surface area contributed by atoms with E-state index >= 15 is 0 Å². The fourth-order valence-electron chi connectivity index (χ4n) is 2.85. The number of hydrogen-bond acceptors (Lipinski definition) is 5. The van der Waals surface area contributed by atoms with Gasteiger partial charge in [-0.05, 0) is 62.9 Å². The summed E-state index contributed by atoms with van der Waals surface area (Å²) in [4.78, 5) is 24.0. The highest BCUT2D eigenvalue weighted by molar-refractivity contribution is 7.89. The lowest BCUT2D eigenvalue weighted by Crippen LogP contribution is -2.46. The first kappa shape index (κ1) is 25.4. The largest absolute Gasteiger partial charge is 0.493 e. The van der Waals surface area contributed by atoms with Gasteiger partial charge in [0.25, 0.3) is 5.91 Å². The van der Waals surface area contributed by atoms with Crippen LogP contribution in [0, 0.1) is 20.8 Å². The Morgan fingerprint density at radius 3 is 2.22 bits per heavy atom. The van der Waals surface area contributed by atoms with Crippen LogP contribution >= 0.6 is 0 Å². The molecule has 0 radical (unpaired) electrons. The predicted molar refractivity (Wildman–Crippen MR) is 123 cm³/mol. The van der Waals surface area contributed by atoms with Crippen molar-refractivity contribution >= 4 is 21.8 Å². The number of ether oxygens (including phenoxy) is 1. The lowest BCUT2D eigenvalue weighted by Gasteiger charge is -2.17. The Kier molecular flexibility index (Phi) is 9.22. The van der Waals surface area contributed by atoms with Crippen LogP contribution in [0.2, 0.25) is 0 Å². The van der Waals surface area contributed by atoms with E-state index in [1.165, 1.54) is 19.2 Å². The summed E-state index contributed by atoms with van der Waals surface area (Å²) in [5.41, 5.74) is 7.68. The van der Waals surface area contributed by atoms with Crippen LogP contribution in [-0.4, -0.2) is 44.7 Å². The molecule has 0 saturated heterocycles. The Labute approximate surface area is 190 Å². The lowest BCUT2D eigenvalue weighted by molar-refractivity contribution is -0.129. The van der Waals surface area contributed by atoms with E-state index in [9.17, 15) is 18.0 Å². The zero-order valence-electron chi connectivity index (χ0n) is 19.0. The first-order valence-corrected chi connectivity index (χ1v) is 11.8. The number of sulfonamides is 1. The molecule has 0 aliphatic rings. The van der Waals surface area contributed by atoms with Gasteiger partial charge in [-0.3, -0.25) is 20.4 Å². The molecule has 0 aliphatic carbocycles. The second kappa shape index (κ2) is 11.6. The number of nitrogens with one attached hydrogen (secondary N) is 2. The molecule has 2 aromatic rings. The third-order valence-electron chi connectivity index (χ3n) is 4.84. The number of carbonyl (C=O) groups is 2. The van der Waals surface area contributed by atoms with Gasteiger partial charge in [0.15, 0.2) is 0 Å². The van der Waals surface area contributed by atoms with Crippen LogP contribution in [0.4, 0.5) is 0 Å². The second-order valence-corrected chi connectivity index (χ2v) is 9.79. The Morgan fingerprint density at radius 1 is 0.906 bits per heavy atom. The van der Waals surface area contributed by atoms with Crippen LogP contribution in [-0.2, 0) is 19.6 Å². The fourth-order valence-corrected chi connectivity index (χ4v) is 3.98. The van der Waals surface area contributed by atoms with E-state index < -0.39 is 22.5 Å². The van der Waals surface area contributed by atoms with Gasteiger partial charge in [0.05, 0.1) is 18.0 Å². The number of benzene rings is 2. The average Bonchev–Trinajstić information content (AvgIpc) is 2.74. The summed E-state index contributed by atoms with van der Waals surface area (Å²) in [6.45, 7) is 5.91. The Hall–Kier alpha value is -2.91. The van der Waals surface area contributed by atoms with Crippen molar-refractivity contribution in [2.24, 2.45) is 0 Å². The quantitative estimate of drug-likeness (QED) is 0.418. The molecule has 0 saturated carbocycles. The maximum Gasteiger partial charge on any atom is 0.253 e. The zero-order chi connectivity index (χ0) is 23.7. The van der Waals surface area contributed by atoms with Crippen molar-refractivity contribution in [1.29, 1.82) is 0 Å². The molecule has 0 fully saturated rings. The highest BCUT2D eigenvalue weighted by Gasteiger charge is 2.22. The number of aryl methyl sites for hydroxylation is 3. The highest BCUT2D eigenvalue weighted by atomic mass is 32.2. The number of carbonyl (C=O) groups excluding carboxylic acids is 2. The number of amides is 2. The molecular weight excluding hydrogens is 430 g/mol. The molecule has 0 aliphatic heterocycles. The first-order chi connectivity index (χ1) is 15.1. The van der Waals surface area contributed by atoms with Crippen LogP contribution < -0.4 is 15.6 Å². The van der Waals surface area contributed by atoms with E-state index in [0.717, 1.165) is 26.7 Å². The van der Waals surface area contributed by atoms with Gasteiger partial charge in [0.2, 0.25) is 15.9 Å². The van der Waals surface area contributed by atoms with Crippen molar-refractivity contribution in [3.05, 3.63) is 59.2 Å². The van der Waals surface area contributed by atoms with Gasteiger partial charge < -0.3 is 4.74 Å². The molecule has 9 heteroatoms. The van der Waals surface area contributed by atoms with E-state index in [0.29, 0.717) is 19.4 Å². The van der Waals surface area contributed by atoms with E-state index in [1.54, 1.807) is 12.1 Å². The van der Waals surface area contributed by atoms with Gasteiger partial charge in [0.1, 0.15) is 5.75 Å². The van der Waals surface area contributed by atoms with Crippen LogP contribution in [0.3, 0.4) is 0 Å². The van der Waals surface area contributed by atoms with E-state index in [2.05, 4.69) is 10.9 Å². The van der Waals surface area contributed by atoms with Crippen LogP contribution in [0.5, 0.6) is 5.75 Å². The molecule has 2 rings (SSSR count).